The van der Waals surface area contributed by atoms with Crippen molar-refractivity contribution >= 4 is 38.2 Å². The minimum absolute atomic E-state index is 0.0630. The van der Waals surface area contributed by atoms with Crippen molar-refractivity contribution in [3.63, 3.8) is 0 Å². The first-order valence-corrected chi connectivity index (χ1v) is 9.31. The third-order valence-corrected chi connectivity index (χ3v) is 5.03. The number of nitro groups is 1. The van der Waals surface area contributed by atoms with Gasteiger partial charge in [0.05, 0.1) is 9.82 Å². The van der Waals surface area contributed by atoms with Crippen molar-refractivity contribution in [1.82, 2.24) is 0 Å². The lowest BCUT2D eigenvalue weighted by Gasteiger charge is -2.11. The van der Waals surface area contributed by atoms with Gasteiger partial charge in [0.2, 0.25) is 0 Å². The van der Waals surface area contributed by atoms with Crippen LogP contribution in [0.1, 0.15) is 15.9 Å². The summed E-state index contributed by atoms with van der Waals surface area (Å²) >= 11 is 0. The molecule has 28 heavy (non-hydrogen) atoms. The van der Waals surface area contributed by atoms with E-state index in [1.165, 1.54) is 30.3 Å². The topological polar surface area (TPSA) is 147 Å². The van der Waals surface area contributed by atoms with Crippen LogP contribution < -0.4 is 5.32 Å². The number of hydrogen-bond donors (Lipinski definition) is 3. The summed E-state index contributed by atoms with van der Waals surface area (Å²) in [7, 11) is -4.47. The second kappa shape index (κ2) is 6.91. The number of nitrogens with zero attached hydrogens (tertiary/aromatic N) is 1. The van der Waals surface area contributed by atoms with Gasteiger partial charge in [-0.2, -0.15) is 8.42 Å². The Morgan fingerprint density at radius 2 is 1.79 bits per heavy atom. The van der Waals surface area contributed by atoms with Gasteiger partial charge in [-0.3, -0.25) is 19.5 Å². The fraction of sp³-hybridized carbons (Fsp3) is 0.0556. The number of anilines is 1. The van der Waals surface area contributed by atoms with Crippen LogP contribution in [-0.2, 0) is 10.1 Å². The van der Waals surface area contributed by atoms with Gasteiger partial charge in [0.1, 0.15) is 5.75 Å². The molecular formula is C18H14N2O7S. The molecule has 0 spiro atoms. The predicted molar refractivity (Wildman–Crippen MR) is 101 cm³/mol. The highest BCUT2D eigenvalue weighted by atomic mass is 32.2. The third-order valence-electron chi connectivity index (χ3n) is 4.18. The SMILES string of the molecule is Cc1ccc(C(=O)Nc2ccc(O)c3cc(S(=O)(=O)O)ccc23)cc1[N+](=O)[O-]. The Hall–Kier alpha value is -3.50. The van der Waals surface area contributed by atoms with Crippen LogP contribution in [-0.4, -0.2) is 28.9 Å². The van der Waals surface area contributed by atoms with Crippen molar-refractivity contribution in [2.24, 2.45) is 0 Å². The first-order valence-electron chi connectivity index (χ1n) is 7.87. The Balaban J connectivity index is 2.03. The number of fused-ring (bicyclic) bond motifs is 1. The Labute approximate surface area is 159 Å². The van der Waals surface area contributed by atoms with E-state index in [4.69, 9.17) is 4.55 Å². The lowest BCUT2D eigenvalue weighted by atomic mass is 10.1. The number of benzene rings is 3. The predicted octanol–water partition coefficient (Wildman–Crippen LogP) is 3.26. The Kier molecular flexibility index (Phi) is 4.75. The molecule has 0 saturated carbocycles. The first kappa shape index (κ1) is 19.3. The smallest absolute Gasteiger partial charge is 0.294 e. The minimum atomic E-state index is -4.47. The molecule has 0 radical (unpaired) electrons. The molecule has 3 aromatic rings. The number of phenols is 1. The summed E-state index contributed by atoms with van der Waals surface area (Å²) < 4.78 is 31.8. The van der Waals surface area contributed by atoms with Crippen LogP contribution >= 0.6 is 0 Å². The fourth-order valence-corrected chi connectivity index (χ4v) is 3.23. The molecule has 0 bridgehead atoms. The summed E-state index contributed by atoms with van der Waals surface area (Å²) in [5.41, 5.74) is 0.534. The minimum Gasteiger partial charge on any atom is -0.507 e. The summed E-state index contributed by atoms with van der Waals surface area (Å²) in [5, 5.41) is 24.1. The maximum atomic E-state index is 12.5. The lowest BCUT2D eigenvalue weighted by Crippen LogP contribution is -2.12. The van der Waals surface area contributed by atoms with Crippen molar-refractivity contribution in [3.8, 4) is 5.75 Å². The van der Waals surface area contributed by atoms with Gasteiger partial charge in [-0.05, 0) is 37.3 Å². The van der Waals surface area contributed by atoms with E-state index < -0.39 is 25.8 Å². The number of carbonyl (C=O) groups is 1. The van der Waals surface area contributed by atoms with Crippen LogP contribution in [0.5, 0.6) is 5.75 Å². The van der Waals surface area contributed by atoms with Crippen LogP contribution in [0.25, 0.3) is 10.8 Å². The first-order chi connectivity index (χ1) is 13.1. The van der Waals surface area contributed by atoms with Crippen LogP contribution in [0, 0.1) is 17.0 Å². The zero-order valence-electron chi connectivity index (χ0n) is 14.4. The van der Waals surface area contributed by atoms with Crippen molar-refractivity contribution in [1.29, 1.82) is 0 Å². The zero-order chi connectivity index (χ0) is 20.6. The second-order valence-electron chi connectivity index (χ2n) is 6.03. The van der Waals surface area contributed by atoms with Crippen molar-refractivity contribution in [2.75, 3.05) is 5.32 Å². The molecule has 0 saturated heterocycles. The molecule has 3 N–H and O–H groups in total. The van der Waals surface area contributed by atoms with Crippen molar-refractivity contribution in [2.45, 2.75) is 11.8 Å². The van der Waals surface area contributed by atoms with Gasteiger partial charge < -0.3 is 10.4 Å². The number of phenolic OH excluding ortho intramolecular Hbond substituents is 1. The summed E-state index contributed by atoms with van der Waals surface area (Å²) in [6.45, 7) is 1.56. The number of rotatable bonds is 4. The quantitative estimate of drug-likeness (QED) is 0.263. The molecule has 3 rings (SSSR count). The van der Waals surface area contributed by atoms with Gasteiger partial charge in [0.15, 0.2) is 0 Å². The molecule has 9 nitrogen and oxygen atoms in total. The van der Waals surface area contributed by atoms with E-state index in [1.807, 2.05) is 0 Å². The number of aryl methyl sites for hydroxylation is 1. The maximum absolute atomic E-state index is 12.5. The fourth-order valence-electron chi connectivity index (χ4n) is 2.72. The average Bonchev–Trinajstić information content (AvgIpc) is 2.63. The summed E-state index contributed by atoms with van der Waals surface area (Å²) in [6, 6.07) is 10.2. The Morgan fingerprint density at radius 1 is 1.07 bits per heavy atom. The van der Waals surface area contributed by atoms with E-state index >= 15 is 0 Å². The van der Waals surface area contributed by atoms with Crippen LogP contribution in [0.3, 0.4) is 0 Å². The molecule has 0 aliphatic carbocycles. The van der Waals surface area contributed by atoms with E-state index in [2.05, 4.69) is 5.32 Å². The number of nitro benzene ring substituents is 1. The number of carbonyl (C=O) groups excluding carboxylic acids is 1. The molecule has 3 aromatic carbocycles. The molecule has 1 amide bonds. The zero-order valence-corrected chi connectivity index (χ0v) is 15.2. The largest absolute Gasteiger partial charge is 0.507 e. The maximum Gasteiger partial charge on any atom is 0.294 e. The molecule has 0 heterocycles. The molecule has 10 heteroatoms. The van der Waals surface area contributed by atoms with E-state index in [1.54, 1.807) is 6.92 Å². The molecule has 144 valence electrons. The molecular weight excluding hydrogens is 388 g/mol. The van der Waals surface area contributed by atoms with Gasteiger partial charge in [-0.1, -0.05) is 12.1 Å². The average molecular weight is 402 g/mol. The van der Waals surface area contributed by atoms with Crippen LogP contribution in [0.4, 0.5) is 11.4 Å². The number of amides is 1. The van der Waals surface area contributed by atoms with E-state index in [-0.39, 0.29) is 28.1 Å². The Bertz CT molecular complexity index is 1240. The van der Waals surface area contributed by atoms with Crippen molar-refractivity contribution in [3.05, 3.63) is 69.8 Å². The molecule has 0 aliphatic heterocycles. The molecule has 0 fully saturated rings. The van der Waals surface area contributed by atoms with Gasteiger partial charge in [0.25, 0.3) is 21.7 Å². The van der Waals surface area contributed by atoms with E-state index in [0.29, 0.717) is 10.9 Å². The van der Waals surface area contributed by atoms with Gasteiger partial charge in [-0.25, -0.2) is 0 Å². The van der Waals surface area contributed by atoms with E-state index in [0.717, 1.165) is 18.2 Å². The molecule has 0 unspecified atom stereocenters. The summed E-state index contributed by atoms with van der Waals surface area (Å²) in [5.74, 6) is -0.863. The monoisotopic (exact) mass is 402 g/mol. The van der Waals surface area contributed by atoms with Crippen molar-refractivity contribution < 1.29 is 27.8 Å². The number of hydrogen-bond acceptors (Lipinski definition) is 6. The lowest BCUT2D eigenvalue weighted by molar-refractivity contribution is -0.385. The molecule has 0 atom stereocenters. The number of nitrogens with one attached hydrogen (secondary N) is 1. The van der Waals surface area contributed by atoms with Gasteiger partial charge in [0, 0.05) is 33.7 Å². The van der Waals surface area contributed by atoms with Crippen LogP contribution in [0.2, 0.25) is 0 Å². The second-order valence-corrected chi connectivity index (χ2v) is 7.45. The standard InChI is InChI=1S/C18H14N2O7S/c1-10-2-3-11(8-16(10)20(23)24)18(22)19-15-6-7-17(21)14-9-12(28(25,26)27)4-5-13(14)15/h2-9,21H,1H3,(H,19,22)(H,25,26,27). The summed E-state index contributed by atoms with van der Waals surface area (Å²) in [4.78, 5) is 22.6. The third kappa shape index (κ3) is 3.63. The van der Waals surface area contributed by atoms with Crippen LogP contribution in [0.15, 0.2) is 53.4 Å². The van der Waals surface area contributed by atoms with Gasteiger partial charge in [-0.15, -0.1) is 0 Å². The van der Waals surface area contributed by atoms with Gasteiger partial charge >= 0.3 is 0 Å². The number of aromatic hydroxyl groups is 1. The van der Waals surface area contributed by atoms with E-state index in [9.17, 15) is 28.4 Å². The molecule has 0 aromatic heterocycles. The Morgan fingerprint density at radius 3 is 2.43 bits per heavy atom. The highest BCUT2D eigenvalue weighted by molar-refractivity contribution is 7.85. The highest BCUT2D eigenvalue weighted by Gasteiger charge is 2.17. The highest BCUT2D eigenvalue weighted by Crippen LogP contribution is 2.33. The summed E-state index contributed by atoms with van der Waals surface area (Å²) in [6.07, 6.45) is 0. The molecule has 0 aliphatic rings. The normalized spacial score (nSPS) is 11.4.